The molecule has 5 heteroatoms. The van der Waals surface area contributed by atoms with Crippen LogP contribution in [0.2, 0.25) is 0 Å². The van der Waals surface area contributed by atoms with Gasteiger partial charge in [-0.25, -0.2) is 4.79 Å². The van der Waals surface area contributed by atoms with Gasteiger partial charge in [0.25, 0.3) is 5.91 Å². The molecule has 1 fully saturated rings. The van der Waals surface area contributed by atoms with E-state index in [4.69, 9.17) is 0 Å². The summed E-state index contributed by atoms with van der Waals surface area (Å²) >= 11 is 3.46. The number of urea groups is 1. The molecule has 0 radical (unpaired) electrons. The maximum Gasteiger partial charge on any atom is 0.325 e. The summed E-state index contributed by atoms with van der Waals surface area (Å²) in [5, 5.41) is 2.92. The Morgan fingerprint density at radius 1 is 1.30 bits per heavy atom. The number of imide groups is 1. The first-order valence-corrected chi connectivity index (χ1v) is 7.44. The molecule has 106 valence electrons. The Morgan fingerprint density at radius 2 is 2.00 bits per heavy atom. The van der Waals surface area contributed by atoms with E-state index < -0.39 is 5.54 Å². The lowest BCUT2D eigenvalue weighted by molar-refractivity contribution is -0.132. The smallest absolute Gasteiger partial charge is 0.319 e. The highest BCUT2D eigenvalue weighted by atomic mass is 79.9. The van der Waals surface area contributed by atoms with Crippen LogP contribution in [0.5, 0.6) is 0 Å². The van der Waals surface area contributed by atoms with E-state index in [0.717, 1.165) is 22.0 Å². The van der Waals surface area contributed by atoms with Gasteiger partial charge in [0.1, 0.15) is 5.54 Å². The summed E-state index contributed by atoms with van der Waals surface area (Å²) in [6.07, 6.45) is 1.53. The number of carbonyl (C=O) groups is 2. The third kappa shape index (κ3) is 1.79. The predicted molar refractivity (Wildman–Crippen MR) is 79.2 cm³/mol. The fourth-order valence-electron chi connectivity index (χ4n) is 3.49. The number of hydrogen-bond donors (Lipinski definition) is 1. The highest BCUT2D eigenvalue weighted by Gasteiger charge is 2.56. The molecule has 1 spiro atoms. The first-order chi connectivity index (χ1) is 9.25. The lowest BCUT2D eigenvalue weighted by atomic mass is 9.65. The third-order valence-electron chi connectivity index (χ3n) is 4.24. The second kappa shape index (κ2) is 4.07. The van der Waals surface area contributed by atoms with Crippen molar-refractivity contribution in [2.75, 3.05) is 7.05 Å². The quantitative estimate of drug-likeness (QED) is 0.740. The predicted octanol–water partition coefficient (Wildman–Crippen LogP) is 2.80. The fraction of sp³-hybridized carbons (Fsp3) is 0.467. The summed E-state index contributed by atoms with van der Waals surface area (Å²) in [7, 11) is 1.53. The summed E-state index contributed by atoms with van der Waals surface area (Å²) < 4.78 is 0.923. The van der Waals surface area contributed by atoms with Crippen molar-refractivity contribution in [3.63, 3.8) is 0 Å². The molecule has 0 saturated carbocycles. The Morgan fingerprint density at radius 3 is 2.60 bits per heavy atom. The Hall–Kier alpha value is -1.36. The van der Waals surface area contributed by atoms with Gasteiger partial charge in [-0.3, -0.25) is 9.69 Å². The van der Waals surface area contributed by atoms with Crippen LogP contribution in [-0.4, -0.2) is 23.9 Å². The molecule has 1 N–H and O–H groups in total. The first kappa shape index (κ1) is 13.6. The van der Waals surface area contributed by atoms with Crippen molar-refractivity contribution in [2.24, 2.45) is 5.41 Å². The zero-order chi connectivity index (χ0) is 14.7. The van der Waals surface area contributed by atoms with E-state index >= 15 is 0 Å². The number of halogens is 1. The Kier molecular flexibility index (Phi) is 2.77. The van der Waals surface area contributed by atoms with Crippen LogP contribution in [0.1, 0.15) is 31.4 Å². The van der Waals surface area contributed by atoms with Crippen LogP contribution in [0, 0.1) is 5.41 Å². The normalized spacial score (nSPS) is 27.7. The summed E-state index contributed by atoms with van der Waals surface area (Å²) in [5.41, 5.74) is 1.11. The van der Waals surface area contributed by atoms with E-state index in [1.54, 1.807) is 0 Å². The standard InChI is InChI=1S/C15H17BrN2O2/c1-14(2)7-9-4-5-10(16)6-11(9)15(8-14)12(19)18(3)13(20)17-15/h4-6H,7-8H2,1-3H3,(H,17,20). The maximum atomic E-state index is 12.7. The van der Waals surface area contributed by atoms with Gasteiger partial charge in [0, 0.05) is 11.5 Å². The molecule has 1 saturated heterocycles. The molecular formula is C15H17BrN2O2. The second-order valence-electron chi connectivity index (χ2n) is 6.52. The topological polar surface area (TPSA) is 49.4 Å². The number of nitrogens with one attached hydrogen (secondary N) is 1. The van der Waals surface area contributed by atoms with Gasteiger partial charge in [0.2, 0.25) is 0 Å². The molecule has 4 nitrogen and oxygen atoms in total. The number of likely N-dealkylation sites (N-methyl/N-ethyl adjacent to an activating group) is 1. The molecule has 2 aliphatic rings. The van der Waals surface area contributed by atoms with Crippen LogP contribution in [-0.2, 0) is 16.8 Å². The van der Waals surface area contributed by atoms with Gasteiger partial charge in [0.05, 0.1) is 0 Å². The van der Waals surface area contributed by atoms with E-state index in [2.05, 4.69) is 35.1 Å². The molecule has 0 bridgehead atoms. The van der Waals surface area contributed by atoms with Gasteiger partial charge in [-0.15, -0.1) is 0 Å². The number of nitrogens with zero attached hydrogens (tertiary/aromatic N) is 1. The summed E-state index contributed by atoms with van der Waals surface area (Å²) in [6.45, 7) is 4.27. The molecule has 1 aromatic rings. The van der Waals surface area contributed by atoms with Gasteiger partial charge >= 0.3 is 6.03 Å². The molecule has 1 aromatic carbocycles. The minimum Gasteiger partial charge on any atom is -0.319 e. The fourth-order valence-corrected chi connectivity index (χ4v) is 3.85. The van der Waals surface area contributed by atoms with Crippen LogP contribution < -0.4 is 5.32 Å². The Bertz CT molecular complexity index is 626. The van der Waals surface area contributed by atoms with Crippen LogP contribution in [0.15, 0.2) is 22.7 Å². The van der Waals surface area contributed by atoms with E-state index in [1.165, 1.54) is 11.9 Å². The van der Waals surface area contributed by atoms with Crippen LogP contribution in [0.25, 0.3) is 0 Å². The lowest BCUT2D eigenvalue weighted by Crippen LogP contribution is -2.50. The van der Waals surface area contributed by atoms with Gasteiger partial charge in [-0.2, -0.15) is 0 Å². The second-order valence-corrected chi connectivity index (χ2v) is 7.43. The van der Waals surface area contributed by atoms with Crippen LogP contribution in [0.3, 0.4) is 0 Å². The zero-order valence-corrected chi connectivity index (χ0v) is 13.4. The molecular weight excluding hydrogens is 320 g/mol. The molecule has 3 amide bonds. The average Bonchev–Trinajstić information content (AvgIpc) is 2.55. The van der Waals surface area contributed by atoms with Crippen molar-refractivity contribution in [3.8, 4) is 0 Å². The number of hydrogen-bond acceptors (Lipinski definition) is 2. The van der Waals surface area contributed by atoms with Crippen molar-refractivity contribution >= 4 is 27.9 Å². The SMILES string of the molecule is CN1C(=O)NC2(CC(C)(C)Cc3ccc(Br)cc32)C1=O. The molecule has 3 rings (SSSR count). The van der Waals surface area contributed by atoms with Crippen molar-refractivity contribution < 1.29 is 9.59 Å². The van der Waals surface area contributed by atoms with E-state index in [0.29, 0.717) is 6.42 Å². The highest BCUT2D eigenvalue weighted by molar-refractivity contribution is 9.10. The van der Waals surface area contributed by atoms with Gasteiger partial charge in [-0.05, 0) is 41.5 Å². The molecule has 1 aliphatic carbocycles. The minimum absolute atomic E-state index is 0.0328. The van der Waals surface area contributed by atoms with E-state index in [9.17, 15) is 9.59 Å². The number of rotatable bonds is 0. The molecule has 1 unspecified atom stereocenters. The van der Waals surface area contributed by atoms with Crippen molar-refractivity contribution in [1.29, 1.82) is 0 Å². The molecule has 1 aliphatic heterocycles. The summed E-state index contributed by atoms with van der Waals surface area (Å²) in [4.78, 5) is 25.8. The van der Waals surface area contributed by atoms with Crippen molar-refractivity contribution in [1.82, 2.24) is 10.2 Å². The van der Waals surface area contributed by atoms with Gasteiger partial charge < -0.3 is 5.32 Å². The molecule has 20 heavy (non-hydrogen) atoms. The number of carbonyl (C=O) groups excluding carboxylic acids is 2. The van der Waals surface area contributed by atoms with Gasteiger partial charge in [0.15, 0.2) is 0 Å². The summed E-state index contributed by atoms with van der Waals surface area (Å²) in [5.74, 6) is -0.158. The largest absolute Gasteiger partial charge is 0.325 e. The average molecular weight is 337 g/mol. The Labute approximate surface area is 126 Å². The molecule has 1 heterocycles. The third-order valence-corrected chi connectivity index (χ3v) is 4.73. The van der Waals surface area contributed by atoms with E-state index in [1.807, 2.05) is 18.2 Å². The number of amides is 3. The number of benzene rings is 1. The first-order valence-electron chi connectivity index (χ1n) is 6.64. The monoisotopic (exact) mass is 336 g/mol. The van der Waals surface area contributed by atoms with E-state index in [-0.39, 0.29) is 17.4 Å². The highest BCUT2D eigenvalue weighted by Crippen LogP contribution is 2.47. The maximum absolute atomic E-state index is 12.7. The van der Waals surface area contributed by atoms with Crippen molar-refractivity contribution in [2.45, 2.75) is 32.2 Å². The van der Waals surface area contributed by atoms with Crippen LogP contribution in [0.4, 0.5) is 4.79 Å². The summed E-state index contributed by atoms with van der Waals surface area (Å²) in [6, 6.07) is 5.67. The Balaban J connectivity index is 2.24. The molecule has 1 atom stereocenters. The van der Waals surface area contributed by atoms with Crippen LogP contribution >= 0.6 is 15.9 Å². The van der Waals surface area contributed by atoms with Gasteiger partial charge in [-0.1, -0.05) is 35.8 Å². The lowest BCUT2D eigenvalue weighted by Gasteiger charge is -2.42. The minimum atomic E-state index is -0.910. The zero-order valence-electron chi connectivity index (χ0n) is 11.8. The van der Waals surface area contributed by atoms with Crippen molar-refractivity contribution in [3.05, 3.63) is 33.8 Å². The molecule has 0 aromatic heterocycles. The number of fused-ring (bicyclic) bond motifs is 2.